The lowest BCUT2D eigenvalue weighted by Crippen LogP contribution is -2.34. The molecule has 1 unspecified atom stereocenters. The molecule has 0 amide bonds. The lowest BCUT2D eigenvalue weighted by molar-refractivity contribution is 0.0697. The molecule has 1 atom stereocenters. The number of carboxylic acids is 1. The molecule has 0 aromatic heterocycles. The Bertz CT molecular complexity index is 1170. The molecule has 0 aliphatic heterocycles. The summed E-state index contributed by atoms with van der Waals surface area (Å²) in [5.41, 5.74) is 7.43. The van der Waals surface area contributed by atoms with Gasteiger partial charge in [0.05, 0.1) is 5.56 Å². The molecule has 2 heteroatoms. The Morgan fingerprint density at radius 3 is 2.18 bits per heavy atom. The first-order valence-corrected chi connectivity index (χ1v) is 12.4. The summed E-state index contributed by atoms with van der Waals surface area (Å²) in [7, 11) is 0. The SMILES string of the molecule is CC1(C)CCC(C)(C)c2cc(C(C=Cc3ccc(C(=O)O)cc3)CCc3ccccc3)ccc21. The van der Waals surface area contributed by atoms with Crippen molar-refractivity contribution in [2.24, 2.45) is 0 Å². The predicted octanol–water partition coefficient (Wildman–Crippen LogP) is 8.16. The van der Waals surface area contributed by atoms with Gasteiger partial charge >= 0.3 is 5.97 Å². The van der Waals surface area contributed by atoms with Crippen molar-refractivity contribution in [1.82, 2.24) is 0 Å². The molecule has 0 heterocycles. The predicted molar refractivity (Wildman–Crippen MR) is 142 cm³/mol. The van der Waals surface area contributed by atoms with E-state index in [0.29, 0.717) is 5.56 Å². The van der Waals surface area contributed by atoms with Gasteiger partial charge in [-0.3, -0.25) is 0 Å². The molecule has 0 saturated heterocycles. The average Bonchev–Trinajstić information content (AvgIpc) is 2.83. The molecule has 0 bridgehead atoms. The smallest absolute Gasteiger partial charge is 0.335 e. The van der Waals surface area contributed by atoms with Crippen molar-refractivity contribution in [2.75, 3.05) is 0 Å². The minimum atomic E-state index is -0.893. The van der Waals surface area contributed by atoms with Crippen molar-refractivity contribution in [3.05, 3.63) is 112 Å². The van der Waals surface area contributed by atoms with E-state index in [2.05, 4.69) is 88.4 Å². The van der Waals surface area contributed by atoms with Gasteiger partial charge in [-0.15, -0.1) is 0 Å². The molecule has 0 radical (unpaired) electrons. The van der Waals surface area contributed by atoms with Crippen LogP contribution in [0.3, 0.4) is 0 Å². The van der Waals surface area contributed by atoms with Crippen LogP contribution in [0.2, 0.25) is 0 Å². The summed E-state index contributed by atoms with van der Waals surface area (Å²) in [5.74, 6) is -0.610. The molecule has 3 aromatic carbocycles. The van der Waals surface area contributed by atoms with E-state index in [9.17, 15) is 9.90 Å². The van der Waals surface area contributed by atoms with Crippen LogP contribution in [0.5, 0.6) is 0 Å². The maximum atomic E-state index is 11.2. The number of aryl methyl sites for hydroxylation is 1. The van der Waals surface area contributed by atoms with Crippen LogP contribution < -0.4 is 0 Å². The number of benzene rings is 3. The first-order valence-electron chi connectivity index (χ1n) is 12.4. The summed E-state index contributed by atoms with van der Waals surface area (Å²) >= 11 is 0. The lowest BCUT2D eigenvalue weighted by Gasteiger charge is -2.42. The number of rotatable bonds is 7. The molecule has 1 aliphatic rings. The van der Waals surface area contributed by atoms with Gasteiger partial charge < -0.3 is 5.11 Å². The standard InChI is InChI=1S/C32H36O2/c1-31(2)20-21-32(3,4)29-22-27(18-19-28(29)31)25(14-10-23-8-6-5-7-9-23)15-11-24-12-16-26(17-13-24)30(33)34/h5-9,11-13,15-19,22,25H,10,14,20-21H2,1-4H3,(H,33,34). The normalized spacial score (nSPS) is 17.3. The van der Waals surface area contributed by atoms with E-state index in [1.165, 1.54) is 35.1 Å². The van der Waals surface area contributed by atoms with E-state index in [4.69, 9.17) is 0 Å². The minimum absolute atomic E-state index is 0.182. The third kappa shape index (κ3) is 5.33. The highest BCUT2D eigenvalue weighted by Crippen LogP contribution is 2.46. The molecule has 0 fully saturated rings. The fourth-order valence-corrected chi connectivity index (χ4v) is 5.14. The summed E-state index contributed by atoms with van der Waals surface area (Å²) in [4.78, 5) is 11.2. The molecule has 34 heavy (non-hydrogen) atoms. The molecular formula is C32H36O2. The quantitative estimate of drug-likeness (QED) is 0.392. The van der Waals surface area contributed by atoms with Gasteiger partial charge in [0.2, 0.25) is 0 Å². The topological polar surface area (TPSA) is 37.3 Å². The summed E-state index contributed by atoms with van der Waals surface area (Å²) in [5, 5.41) is 9.18. The van der Waals surface area contributed by atoms with Crippen molar-refractivity contribution < 1.29 is 9.90 Å². The fourth-order valence-electron chi connectivity index (χ4n) is 5.14. The van der Waals surface area contributed by atoms with E-state index < -0.39 is 5.97 Å². The fraction of sp³-hybridized carbons (Fsp3) is 0.344. The number of fused-ring (bicyclic) bond motifs is 1. The minimum Gasteiger partial charge on any atom is -0.478 e. The van der Waals surface area contributed by atoms with Gasteiger partial charge in [0, 0.05) is 5.92 Å². The Balaban J connectivity index is 1.67. The molecule has 2 nitrogen and oxygen atoms in total. The van der Waals surface area contributed by atoms with Gasteiger partial charge in [-0.25, -0.2) is 4.79 Å². The number of carboxylic acid groups (broad SMARTS) is 1. The van der Waals surface area contributed by atoms with Crippen LogP contribution in [-0.4, -0.2) is 11.1 Å². The zero-order valence-corrected chi connectivity index (χ0v) is 20.8. The lowest BCUT2D eigenvalue weighted by atomic mass is 9.62. The molecular weight excluding hydrogens is 416 g/mol. The highest BCUT2D eigenvalue weighted by Gasteiger charge is 2.37. The Morgan fingerprint density at radius 2 is 1.53 bits per heavy atom. The molecule has 0 spiro atoms. The summed E-state index contributed by atoms with van der Waals surface area (Å²) in [6.07, 6.45) is 8.89. The number of hydrogen-bond acceptors (Lipinski definition) is 1. The van der Waals surface area contributed by atoms with Crippen molar-refractivity contribution in [2.45, 2.75) is 70.1 Å². The van der Waals surface area contributed by atoms with Gasteiger partial charge in [0.15, 0.2) is 0 Å². The molecule has 3 aromatic rings. The maximum absolute atomic E-state index is 11.2. The Kier molecular flexibility index (Phi) is 6.79. The zero-order chi connectivity index (χ0) is 24.3. The summed E-state index contributed by atoms with van der Waals surface area (Å²) in [6.45, 7) is 9.50. The van der Waals surface area contributed by atoms with Crippen molar-refractivity contribution >= 4 is 12.0 Å². The number of allylic oxidation sites excluding steroid dienone is 1. The molecule has 4 rings (SSSR count). The van der Waals surface area contributed by atoms with Crippen LogP contribution in [0.1, 0.15) is 91.1 Å². The third-order valence-corrected chi connectivity index (χ3v) is 7.57. The Labute approximate surface area is 204 Å². The first kappa shape index (κ1) is 24.0. The first-order chi connectivity index (χ1) is 16.2. The largest absolute Gasteiger partial charge is 0.478 e. The molecule has 0 saturated carbocycles. The van der Waals surface area contributed by atoms with Crippen molar-refractivity contribution in [3.63, 3.8) is 0 Å². The van der Waals surface area contributed by atoms with Crippen LogP contribution >= 0.6 is 0 Å². The second kappa shape index (κ2) is 9.62. The Hall–Kier alpha value is -3.13. The van der Waals surface area contributed by atoms with E-state index in [0.717, 1.165) is 18.4 Å². The highest BCUT2D eigenvalue weighted by atomic mass is 16.4. The van der Waals surface area contributed by atoms with Gasteiger partial charge in [-0.05, 0) is 76.5 Å². The van der Waals surface area contributed by atoms with E-state index in [1.54, 1.807) is 12.1 Å². The molecule has 176 valence electrons. The second-order valence-corrected chi connectivity index (χ2v) is 11.0. The van der Waals surface area contributed by atoms with Gasteiger partial charge in [-0.1, -0.05) is 101 Å². The highest BCUT2D eigenvalue weighted by molar-refractivity contribution is 5.87. The van der Waals surface area contributed by atoms with Crippen LogP contribution in [0.15, 0.2) is 78.9 Å². The summed E-state index contributed by atoms with van der Waals surface area (Å²) < 4.78 is 0. The van der Waals surface area contributed by atoms with Crippen molar-refractivity contribution in [3.8, 4) is 0 Å². The van der Waals surface area contributed by atoms with E-state index in [1.807, 2.05) is 12.1 Å². The number of aromatic carboxylic acids is 1. The zero-order valence-electron chi connectivity index (χ0n) is 20.8. The van der Waals surface area contributed by atoms with Gasteiger partial charge in [-0.2, -0.15) is 0 Å². The van der Waals surface area contributed by atoms with Crippen LogP contribution in [-0.2, 0) is 17.3 Å². The molecule has 1 aliphatic carbocycles. The number of hydrogen-bond donors (Lipinski definition) is 1. The van der Waals surface area contributed by atoms with Gasteiger partial charge in [0.25, 0.3) is 0 Å². The summed E-state index contributed by atoms with van der Waals surface area (Å²) in [6, 6.07) is 24.9. The van der Waals surface area contributed by atoms with E-state index >= 15 is 0 Å². The van der Waals surface area contributed by atoms with Crippen LogP contribution in [0.25, 0.3) is 6.08 Å². The van der Waals surface area contributed by atoms with Crippen molar-refractivity contribution in [1.29, 1.82) is 0 Å². The van der Waals surface area contributed by atoms with Gasteiger partial charge in [0.1, 0.15) is 0 Å². The monoisotopic (exact) mass is 452 g/mol. The van der Waals surface area contributed by atoms with E-state index in [-0.39, 0.29) is 16.7 Å². The van der Waals surface area contributed by atoms with Crippen LogP contribution in [0, 0.1) is 0 Å². The third-order valence-electron chi connectivity index (χ3n) is 7.57. The number of carbonyl (C=O) groups is 1. The Morgan fingerprint density at radius 1 is 0.882 bits per heavy atom. The second-order valence-electron chi connectivity index (χ2n) is 11.0. The van der Waals surface area contributed by atoms with Crippen LogP contribution in [0.4, 0.5) is 0 Å². The molecule has 1 N–H and O–H groups in total. The maximum Gasteiger partial charge on any atom is 0.335 e. The average molecular weight is 453 g/mol.